The zero-order valence-corrected chi connectivity index (χ0v) is 20.2. The predicted molar refractivity (Wildman–Crippen MR) is 123 cm³/mol. The number of amides is 1. The normalized spacial score (nSPS) is 23.8. The van der Waals surface area contributed by atoms with E-state index in [9.17, 15) is 22.4 Å². The number of nitrogens with one attached hydrogen (secondary N) is 1. The van der Waals surface area contributed by atoms with Crippen LogP contribution in [0.1, 0.15) is 53.7 Å². The van der Waals surface area contributed by atoms with Gasteiger partial charge in [0.25, 0.3) is 0 Å². The van der Waals surface area contributed by atoms with E-state index in [1.54, 1.807) is 11.8 Å². The fourth-order valence-corrected chi connectivity index (χ4v) is 5.60. The van der Waals surface area contributed by atoms with Gasteiger partial charge < -0.3 is 10.2 Å². The molecule has 2 saturated heterocycles. The SMILES string of the molecule is Cc1cc(F)cc([C@H]2[C@@H](N3CCNCC3)CCN2C(=O)Cn2nc(C3CC3)cc2C(F)(F)F)c1Cl. The first-order chi connectivity index (χ1) is 16.6. The van der Waals surface area contributed by atoms with Crippen LogP contribution in [-0.2, 0) is 17.5 Å². The fraction of sp³-hybridized carbons (Fsp3) is 0.583. The average molecular weight is 514 g/mol. The largest absolute Gasteiger partial charge is 0.433 e. The van der Waals surface area contributed by atoms with E-state index in [2.05, 4.69) is 15.3 Å². The van der Waals surface area contributed by atoms with E-state index in [-0.39, 0.29) is 12.0 Å². The fourth-order valence-electron chi connectivity index (χ4n) is 5.38. The Labute approximate surface area is 206 Å². The Morgan fingerprint density at radius 1 is 1.14 bits per heavy atom. The van der Waals surface area contributed by atoms with Gasteiger partial charge in [0.1, 0.15) is 18.1 Å². The molecule has 3 fully saturated rings. The smallest absolute Gasteiger partial charge is 0.332 e. The molecule has 1 aromatic heterocycles. The zero-order valence-electron chi connectivity index (χ0n) is 19.4. The van der Waals surface area contributed by atoms with Gasteiger partial charge in [-0.25, -0.2) is 4.39 Å². The number of hydrogen-bond acceptors (Lipinski definition) is 4. The molecule has 0 radical (unpaired) electrons. The summed E-state index contributed by atoms with van der Waals surface area (Å²) >= 11 is 6.61. The molecule has 1 amide bonds. The molecular weight excluding hydrogens is 486 g/mol. The van der Waals surface area contributed by atoms with Gasteiger partial charge in [-0.2, -0.15) is 18.3 Å². The minimum Gasteiger partial charge on any atom is -0.332 e. The molecule has 1 aliphatic carbocycles. The van der Waals surface area contributed by atoms with Gasteiger partial charge in [0.15, 0.2) is 0 Å². The van der Waals surface area contributed by atoms with Crippen LogP contribution in [0.4, 0.5) is 17.6 Å². The molecule has 11 heteroatoms. The van der Waals surface area contributed by atoms with E-state index in [0.29, 0.717) is 34.8 Å². The molecule has 0 bridgehead atoms. The molecule has 6 nitrogen and oxygen atoms in total. The maximum absolute atomic E-state index is 14.4. The number of benzene rings is 1. The van der Waals surface area contributed by atoms with Crippen molar-refractivity contribution in [3.63, 3.8) is 0 Å². The number of piperazine rings is 1. The molecule has 35 heavy (non-hydrogen) atoms. The van der Waals surface area contributed by atoms with Crippen molar-refractivity contribution in [2.75, 3.05) is 32.7 Å². The van der Waals surface area contributed by atoms with Gasteiger partial charge in [0.2, 0.25) is 5.91 Å². The van der Waals surface area contributed by atoms with Crippen molar-refractivity contribution in [3.05, 3.63) is 51.6 Å². The topological polar surface area (TPSA) is 53.4 Å². The Hall–Kier alpha value is -2.17. The summed E-state index contributed by atoms with van der Waals surface area (Å²) in [4.78, 5) is 17.3. The summed E-state index contributed by atoms with van der Waals surface area (Å²) in [5, 5.41) is 7.82. The number of hydrogen-bond donors (Lipinski definition) is 1. The van der Waals surface area contributed by atoms with Crippen molar-refractivity contribution in [1.29, 1.82) is 0 Å². The summed E-state index contributed by atoms with van der Waals surface area (Å²) in [6.07, 6.45) is -2.38. The molecule has 1 N–H and O–H groups in total. The number of nitrogens with zero attached hydrogens (tertiary/aromatic N) is 4. The molecule has 1 aromatic carbocycles. The van der Waals surface area contributed by atoms with Crippen LogP contribution in [0.25, 0.3) is 0 Å². The van der Waals surface area contributed by atoms with Gasteiger partial charge in [-0.3, -0.25) is 14.4 Å². The first kappa shape index (κ1) is 24.5. The molecule has 0 unspecified atom stereocenters. The van der Waals surface area contributed by atoms with Crippen LogP contribution in [-0.4, -0.2) is 64.3 Å². The lowest BCUT2D eigenvalue weighted by molar-refractivity contribution is -0.146. The first-order valence-electron chi connectivity index (χ1n) is 12.0. The van der Waals surface area contributed by atoms with Gasteiger partial charge in [0, 0.05) is 49.7 Å². The van der Waals surface area contributed by atoms with Crippen LogP contribution < -0.4 is 5.32 Å². The number of aryl methyl sites for hydroxylation is 1. The van der Waals surface area contributed by atoms with Crippen molar-refractivity contribution in [3.8, 4) is 0 Å². The van der Waals surface area contributed by atoms with Gasteiger partial charge in [-0.1, -0.05) is 11.6 Å². The second kappa shape index (κ2) is 9.37. The first-order valence-corrected chi connectivity index (χ1v) is 12.4. The maximum atomic E-state index is 14.4. The number of carbonyl (C=O) groups is 1. The highest BCUT2D eigenvalue weighted by Gasteiger charge is 2.44. The van der Waals surface area contributed by atoms with Crippen molar-refractivity contribution >= 4 is 17.5 Å². The summed E-state index contributed by atoms with van der Waals surface area (Å²) in [6, 6.07) is 3.08. The van der Waals surface area contributed by atoms with Crippen LogP contribution in [0, 0.1) is 12.7 Å². The van der Waals surface area contributed by atoms with Gasteiger partial charge in [0.05, 0.1) is 11.7 Å². The van der Waals surface area contributed by atoms with E-state index in [1.165, 1.54) is 12.1 Å². The number of halogens is 5. The Morgan fingerprint density at radius 3 is 2.51 bits per heavy atom. The second-order valence-electron chi connectivity index (χ2n) is 9.68. The minimum atomic E-state index is -4.61. The molecule has 3 heterocycles. The molecule has 0 spiro atoms. The van der Waals surface area contributed by atoms with E-state index in [1.807, 2.05) is 0 Å². The molecule has 2 atom stereocenters. The standard InChI is InChI=1S/C24H28ClF4N5O/c1-14-10-16(26)11-17(22(14)25)23-19(32-8-5-30-6-9-32)4-7-33(23)21(35)13-34-20(24(27,28)29)12-18(31-34)15-2-3-15/h10-12,15,19,23,30H,2-9,13H2,1H3/t19-,23-/m0/s1. The molecule has 2 aliphatic heterocycles. The Kier molecular flexibility index (Phi) is 6.56. The zero-order chi connectivity index (χ0) is 24.9. The number of alkyl halides is 3. The van der Waals surface area contributed by atoms with E-state index in [0.717, 1.165) is 49.8 Å². The van der Waals surface area contributed by atoms with E-state index in [4.69, 9.17) is 11.6 Å². The van der Waals surface area contributed by atoms with Crippen molar-refractivity contribution in [1.82, 2.24) is 24.9 Å². The summed E-state index contributed by atoms with van der Waals surface area (Å²) in [7, 11) is 0. The molecule has 3 aliphatic rings. The van der Waals surface area contributed by atoms with Gasteiger partial charge >= 0.3 is 6.18 Å². The molecule has 1 saturated carbocycles. The Bertz CT molecular complexity index is 1110. The van der Waals surface area contributed by atoms with E-state index >= 15 is 0 Å². The third-order valence-corrected chi connectivity index (χ3v) is 7.76. The molecule has 5 rings (SSSR count). The predicted octanol–water partition coefficient (Wildman–Crippen LogP) is 4.13. The maximum Gasteiger partial charge on any atom is 0.433 e. The molecular formula is C24H28ClF4N5O. The number of carbonyl (C=O) groups excluding carboxylic acids is 1. The quantitative estimate of drug-likeness (QED) is 0.611. The molecule has 2 aromatic rings. The van der Waals surface area contributed by atoms with Crippen LogP contribution in [0.15, 0.2) is 18.2 Å². The lowest BCUT2D eigenvalue weighted by atomic mass is 9.96. The van der Waals surface area contributed by atoms with Crippen molar-refractivity contribution in [2.45, 2.75) is 56.9 Å². The highest BCUT2D eigenvalue weighted by molar-refractivity contribution is 6.32. The van der Waals surface area contributed by atoms with Crippen LogP contribution in [0.3, 0.4) is 0 Å². The van der Waals surface area contributed by atoms with Gasteiger partial charge in [-0.05, 0) is 55.5 Å². The third kappa shape index (κ3) is 4.93. The van der Waals surface area contributed by atoms with E-state index < -0.39 is 36.2 Å². The lowest BCUT2D eigenvalue weighted by Gasteiger charge is -2.38. The summed E-state index contributed by atoms with van der Waals surface area (Å²) in [6.45, 7) is 4.63. The van der Waals surface area contributed by atoms with Crippen LogP contribution in [0.2, 0.25) is 5.02 Å². The number of likely N-dealkylation sites (tertiary alicyclic amines) is 1. The average Bonchev–Trinajstić information content (AvgIpc) is 3.41. The second-order valence-corrected chi connectivity index (χ2v) is 10.1. The van der Waals surface area contributed by atoms with Crippen molar-refractivity contribution in [2.24, 2.45) is 0 Å². The van der Waals surface area contributed by atoms with Crippen LogP contribution >= 0.6 is 11.6 Å². The third-order valence-electron chi connectivity index (χ3n) is 7.24. The minimum absolute atomic E-state index is 0.0261. The Balaban J connectivity index is 1.48. The summed E-state index contributed by atoms with van der Waals surface area (Å²) in [5.41, 5.74) is 0.515. The molecule has 190 valence electrons. The highest BCUT2D eigenvalue weighted by Crippen LogP contribution is 2.43. The lowest BCUT2D eigenvalue weighted by Crippen LogP contribution is -2.50. The monoisotopic (exact) mass is 513 g/mol. The van der Waals surface area contributed by atoms with Crippen LogP contribution in [0.5, 0.6) is 0 Å². The number of rotatable bonds is 5. The van der Waals surface area contributed by atoms with Crippen molar-refractivity contribution < 1.29 is 22.4 Å². The number of aromatic nitrogens is 2. The van der Waals surface area contributed by atoms with Gasteiger partial charge in [-0.15, -0.1) is 0 Å². The Morgan fingerprint density at radius 2 is 1.86 bits per heavy atom. The highest BCUT2D eigenvalue weighted by atomic mass is 35.5. The summed E-state index contributed by atoms with van der Waals surface area (Å²) < 4.78 is 56.3. The summed E-state index contributed by atoms with van der Waals surface area (Å²) in [5.74, 6) is -0.916.